The Kier molecular flexibility index (Phi) is 3.61. The minimum Gasteiger partial charge on any atom is -0.481 e. The summed E-state index contributed by atoms with van der Waals surface area (Å²) in [5.41, 5.74) is -3.11. The smallest absolute Gasteiger partial charge is 0.309 e. The molecule has 17 heavy (non-hydrogen) atoms. The van der Waals surface area contributed by atoms with Crippen LogP contribution in [0.15, 0.2) is 6.07 Å². The van der Waals surface area contributed by atoms with Crippen LogP contribution in [-0.4, -0.2) is 21.0 Å². The maximum Gasteiger partial charge on any atom is 0.309 e. The van der Waals surface area contributed by atoms with E-state index in [0.717, 1.165) is 0 Å². The first-order chi connectivity index (χ1) is 7.82. The molecule has 0 saturated carbocycles. The number of aromatic nitrogens is 1. The van der Waals surface area contributed by atoms with Gasteiger partial charge in [-0.2, -0.15) is 4.39 Å². The molecule has 1 aromatic heterocycles. The lowest BCUT2D eigenvalue weighted by Gasteiger charge is -2.04. The molecule has 1 rings (SSSR count). The van der Waals surface area contributed by atoms with Crippen LogP contribution in [0.1, 0.15) is 17.7 Å². The van der Waals surface area contributed by atoms with Gasteiger partial charge in [0.15, 0.2) is 5.56 Å². The van der Waals surface area contributed by atoms with Crippen molar-refractivity contribution in [2.75, 3.05) is 0 Å². The second-order valence-corrected chi connectivity index (χ2v) is 2.97. The van der Waals surface area contributed by atoms with Crippen LogP contribution in [0, 0.1) is 16.1 Å². The van der Waals surface area contributed by atoms with Gasteiger partial charge in [-0.3, -0.25) is 14.9 Å². The Bertz CT molecular complexity index is 478. The van der Waals surface area contributed by atoms with Crippen molar-refractivity contribution in [1.82, 2.24) is 4.98 Å². The van der Waals surface area contributed by atoms with Crippen molar-refractivity contribution in [2.45, 2.75) is 12.8 Å². The van der Waals surface area contributed by atoms with E-state index in [1.165, 1.54) is 0 Å². The number of hydrogen-bond donors (Lipinski definition) is 1. The minimum atomic E-state index is -3.40. The molecule has 0 atom stereocenters. The van der Waals surface area contributed by atoms with Gasteiger partial charge in [0.25, 0.3) is 12.1 Å². The van der Waals surface area contributed by atoms with E-state index in [9.17, 15) is 28.1 Å². The normalized spacial score (nSPS) is 10.6. The minimum absolute atomic E-state index is 0.494. The van der Waals surface area contributed by atoms with Crippen molar-refractivity contribution < 1.29 is 28.0 Å². The maximum absolute atomic E-state index is 13.1. The first kappa shape index (κ1) is 12.9. The van der Waals surface area contributed by atoms with Gasteiger partial charge in [-0.15, -0.1) is 0 Å². The molecule has 0 aliphatic heterocycles. The highest BCUT2D eigenvalue weighted by Gasteiger charge is 2.28. The van der Waals surface area contributed by atoms with Crippen LogP contribution in [-0.2, 0) is 11.2 Å². The van der Waals surface area contributed by atoms with Gasteiger partial charge in [-0.25, -0.2) is 13.8 Å². The molecule has 1 N–H and O–H groups in total. The standard InChI is InChI=1S/C8H5F3N2O4/c9-7(10)6-4(13(16)17)1-3(2-5(14)15)12-8(6)11/h1,7H,2H2,(H,14,15). The maximum atomic E-state index is 13.1. The first-order valence-electron chi connectivity index (χ1n) is 4.16. The summed E-state index contributed by atoms with van der Waals surface area (Å²) in [6.45, 7) is 0. The van der Waals surface area contributed by atoms with Gasteiger partial charge in [-0.1, -0.05) is 0 Å². The van der Waals surface area contributed by atoms with Crippen LogP contribution in [0.4, 0.5) is 18.9 Å². The third-order valence-corrected chi connectivity index (χ3v) is 1.79. The third kappa shape index (κ3) is 2.89. The number of nitro groups is 1. The Morgan fingerprint density at radius 2 is 2.18 bits per heavy atom. The Labute approximate surface area is 91.9 Å². The summed E-state index contributed by atoms with van der Waals surface area (Å²) in [4.78, 5) is 22.5. The molecule has 0 aliphatic rings. The molecule has 0 saturated heterocycles. The van der Waals surface area contributed by atoms with Crippen LogP contribution >= 0.6 is 0 Å². The number of nitrogens with zero attached hydrogens (tertiary/aromatic N) is 2. The van der Waals surface area contributed by atoms with Gasteiger partial charge in [0, 0.05) is 6.07 Å². The van der Waals surface area contributed by atoms with E-state index < -0.39 is 46.6 Å². The third-order valence-electron chi connectivity index (χ3n) is 1.79. The molecule has 92 valence electrons. The summed E-state index contributed by atoms with van der Waals surface area (Å²) < 4.78 is 37.8. The Balaban J connectivity index is 3.35. The molecule has 0 unspecified atom stereocenters. The van der Waals surface area contributed by atoms with E-state index >= 15 is 0 Å². The molecular weight excluding hydrogens is 245 g/mol. The summed E-state index contributed by atoms with van der Waals surface area (Å²) in [6.07, 6.45) is -4.19. The highest BCUT2D eigenvalue weighted by molar-refractivity contribution is 5.69. The number of carboxylic acid groups (broad SMARTS) is 1. The quantitative estimate of drug-likeness (QED) is 0.498. The summed E-state index contributed by atoms with van der Waals surface area (Å²) in [7, 11) is 0. The molecule has 1 aromatic rings. The van der Waals surface area contributed by atoms with E-state index in [1.54, 1.807) is 0 Å². The first-order valence-corrected chi connectivity index (χ1v) is 4.16. The van der Waals surface area contributed by atoms with Crippen molar-refractivity contribution in [1.29, 1.82) is 0 Å². The van der Waals surface area contributed by atoms with Crippen LogP contribution in [0.25, 0.3) is 0 Å². The molecule has 0 amide bonds. The second kappa shape index (κ2) is 4.76. The van der Waals surface area contributed by atoms with Gasteiger partial charge in [0.2, 0.25) is 5.95 Å². The lowest BCUT2D eigenvalue weighted by atomic mass is 10.2. The fourth-order valence-corrected chi connectivity index (χ4v) is 1.16. The van der Waals surface area contributed by atoms with E-state index in [4.69, 9.17) is 5.11 Å². The molecule has 0 spiro atoms. The summed E-state index contributed by atoms with van der Waals surface area (Å²) in [6, 6.07) is 0.526. The van der Waals surface area contributed by atoms with Crippen LogP contribution in [0.3, 0.4) is 0 Å². The molecule has 0 aromatic carbocycles. The molecular formula is C8H5F3N2O4. The molecule has 6 nitrogen and oxygen atoms in total. The molecule has 0 aliphatic carbocycles. The Hall–Kier alpha value is -2.19. The van der Waals surface area contributed by atoms with Crippen molar-refractivity contribution in [2.24, 2.45) is 0 Å². The lowest BCUT2D eigenvalue weighted by molar-refractivity contribution is -0.386. The molecule has 0 fully saturated rings. The van der Waals surface area contributed by atoms with Crippen molar-refractivity contribution in [3.05, 3.63) is 33.4 Å². The highest BCUT2D eigenvalue weighted by atomic mass is 19.3. The Morgan fingerprint density at radius 3 is 2.59 bits per heavy atom. The van der Waals surface area contributed by atoms with Gasteiger partial charge in [-0.05, 0) is 0 Å². The van der Waals surface area contributed by atoms with Gasteiger partial charge in [0.1, 0.15) is 0 Å². The number of alkyl halides is 2. The second-order valence-electron chi connectivity index (χ2n) is 2.97. The zero-order chi connectivity index (χ0) is 13.2. The van der Waals surface area contributed by atoms with Gasteiger partial charge in [0.05, 0.1) is 17.0 Å². The highest BCUT2D eigenvalue weighted by Crippen LogP contribution is 2.31. The van der Waals surface area contributed by atoms with Crippen LogP contribution in [0.2, 0.25) is 0 Å². The van der Waals surface area contributed by atoms with Crippen molar-refractivity contribution >= 4 is 11.7 Å². The summed E-state index contributed by atoms with van der Waals surface area (Å²) in [5.74, 6) is -3.14. The number of pyridine rings is 1. The number of carboxylic acids is 1. The number of hydrogen-bond acceptors (Lipinski definition) is 4. The Morgan fingerprint density at radius 1 is 1.59 bits per heavy atom. The fraction of sp³-hybridized carbons (Fsp3) is 0.250. The molecule has 1 heterocycles. The zero-order valence-electron chi connectivity index (χ0n) is 8.06. The van der Waals surface area contributed by atoms with Crippen molar-refractivity contribution in [3.8, 4) is 0 Å². The summed E-state index contributed by atoms with van der Waals surface area (Å²) in [5, 5.41) is 18.8. The number of aliphatic carboxylic acids is 1. The topological polar surface area (TPSA) is 93.3 Å². The van der Waals surface area contributed by atoms with E-state index in [-0.39, 0.29) is 0 Å². The van der Waals surface area contributed by atoms with E-state index in [2.05, 4.69) is 4.98 Å². The van der Waals surface area contributed by atoms with Crippen LogP contribution in [0.5, 0.6) is 0 Å². The monoisotopic (exact) mass is 250 g/mol. The lowest BCUT2D eigenvalue weighted by Crippen LogP contribution is -2.08. The average molecular weight is 250 g/mol. The molecule has 0 radical (unpaired) electrons. The van der Waals surface area contributed by atoms with Crippen LogP contribution < -0.4 is 0 Å². The van der Waals surface area contributed by atoms with Gasteiger partial charge >= 0.3 is 5.97 Å². The van der Waals surface area contributed by atoms with E-state index in [0.29, 0.717) is 6.07 Å². The number of carbonyl (C=O) groups is 1. The van der Waals surface area contributed by atoms with Gasteiger partial charge < -0.3 is 5.11 Å². The zero-order valence-corrected chi connectivity index (χ0v) is 8.06. The predicted molar refractivity (Wildman–Crippen MR) is 47.1 cm³/mol. The molecule has 0 bridgehead atoms. The predicted octanol–water partition coefficient (Wildman–Crippen LogP) is 1.69. The summed E-state index contributed by atoms with van der Waals surface area (Å²) >= 11 is 0. The number of halogens is 3. The largest absolute Gasteiger partial charge is 0.481 e. The van der Waals surface area contributed by atoms with E-state index in [1.807, 2.05) is 0 Å². The van der Waals surface area contributed by atoms with Crippen molar-refractivity contribution in [3.63, 3.8) is 0 Å². The number of rotatable bonds is 4. The molecule has 9 heteroatoms. The SMILES string of the molecule is O=C(O)Cc1cc([N+](=O)[O-])c(C(F)F)c(F)n1. The average Bonchev–Trinajstić information content (AvgIpc) is 2.14. The fourth-order valence-electron chi connectivity index (χ4n) is 1.16.